The first-order valence-electron chi connectivity index (χ1n) is 15.9. The topological polar surface area (TPSA) is 193 Å². The highest BCUT2D eigenvalue weighted by atomic mass is 19.1. The van der Waals surface area contributed by atoms with Crippen LogP contribution in [0.5, 0.6) is 5.88 Å². The van der Waals surface area contributed by atoms with Gasteiger partial charge < -0.3 is 39.9 Å². The van der Waals surface area contributed by atoms with E-state index >= 15 is 0 Å². The van der Waals surface area contributed by atoms with Gasteiger partial charge in [-0.1, -0.05) is 6.07 Å². The third kappa shape index (κ3) is 9.64. The summed E-state index contributed by atoms with van der Waals surface area (Å²) in [6.45, 7) is 1.26. The van der Waals surface area contributed by atoms with E-state index < -0.39 is 73.3 Å². The summed E-state index contributed by atoms with van der Waals surface area (Å²) in [5, 5.41) is 18.5. The Kier molecular flexibility index (Phi) is 12.8. The van der Waals surface area contributed by atoms with Crippen LogP contribution in [0.25, 0.3) is 5.69 Å². The number of nitrogens with one attached hydrogen (secondary N) is 2. The Labute approximate surface area is 280 Å². The van der Waals surface area contributed by atoms with Crippen molar-refractivity contribution in [3.63, 3.8) is 0 Å². The van der Waals surface area contributed by atoms with Gasteiger partial charge in [0, 0.05) is 51.8 Å². The van der Waals surface area contributed by atoms with E-state index in [1.54, 1.807) is 6.92 Å². The Morgan fingerprint density at radius 1 is 1.06 bits per heavy atom. The van der Waals surface area contributed by atoms with Crippen LogP contribution in [0.1, 0.15) is 43.1 Å². The number of hydrogen-bond acceptors (Lipinski definition) is 9. The van der Waals surface area contributed by atoms with Gasteiger partial charge in [0.2, 0.25) is 17.7 Å². The fourth-order valence-electron chi connectivity index (χ4n) is 5.52. The highest BCUT2D eigenvalue weighted by Crippen LogP contribution is 2.23. The molecule has 1 aromatic heterocycles. The fourth-order valence-corrected chi connectivity index (χ4v) is 5.52. The maximum atomic E-state index is 14.2. The molecule has 0 aliphatic carbocycles. The molecule has 2 aliphatic rings. The predicted octanol–water partition coefficient (Wildman–Crippen LogP) is 0.731. The van der Waals surface area contributed by atoms with E-state index in [4.69, 9.17) is 9.47 Å². The van der Waals surface area contributed by atoms with Gasteiger partial charge >= 0.3 is 12.1 Å². The Bertz CT molecular complexity index is 1530. The Hall–Kier alpha value is -5.29. The number of nitrogens with zero attached hydrogens (tertiary/aromatic N) is 5. The minimum Gasteiger partial charge on any atom is -0.481 e. The number of carbonyl (C=O) groups excluding carboxylic acids is 5. The number of piperazine rings is 1. The Balaban J connectivity index is 1.50. The Morgan fingerprint density at radius 2 is 1.80 bits per heavy atom. The van der Waals surface area contributed by atoms with Crippen LogP contribution in [0.4, 0.5) is 13.6 Å². The van der Waals surface area contributed by atoms with Gasteiger partial charge in [-0.15, -0.1) is 0 Å². The van der Waals surface area contributed by atoms with Gasteiger partial charge in [-0.3, -0.25) is 24.0 Å². The van der Waals surface area contributed by atoms with E-state index in [9.17, 15) is 42.7 Å². The number of rotatable bonds is 14. The van der Waals surface area contributed by atoms with Crippen molar-refractivity contribution in [3.8, 4) is 11.6 Å². The first-order chi connectivity index (χ1) is 23.5. The second-order valence-electron chi connectivity index (χ2n) is 11.2. The maximum Gasteiger partial charge on any atom is 0.409 e. The second-order valence-corrected chi connectivity index (χ2v) is 11.2. The lowest BCUT2D eigenvalue weighted by molar-refractivity contribution is -0.140. The molecular weight excluding hydrogens is 652 g/mol. The van der Waals surface area contributed by atoms with Crippen molar-refractivity contribution >= 4 is 35.7 Å². The van der Waals surface area contributed by atoms with Gasteiger partial charge in [0.25, 0.3) is 11.8 Å². The summed E-state index contributed by atoms with van der Waals surface area (Å²) >= 11 is 0. The molecule has 3 N–H and O–H groups in total. The van der Waals surface area contributed by atoms with Crippen molar-refractivity contribution in [1.29, 1.82) is 0 Å². The molecule has 5 amide bonds. The van der Waals surface area contributed by atoms with Crippen LogP contribution in [0.2, 0.25) is 0 Å². The Morgan fingerprint density at radius 3 is 2.47 bits per heavy atom. The molecule has 0 saturated carbocycles. The van der Waals surface area contributed by atoms with Crippen LogP contribution in [0, 0.1) is 5.82 Å². The highest BCUT2D eigenvalue weighted by Gasteiger charge is 2.35. The molecule has 2 aliphatic heterocycles. The second kappa shape index (κ2) is 17.2. The molecule has 0 radical (unpaired) electrons. The van der Waals surface area contributed by atoms with E-state index in [1.165, 1.54) is 39.0 Å². The number of alkyl halides is 1. The molecule has 2 saturated heterocycles. The molecule has 1 aromatic carbocycles. The van der Waals surface area contributed by atoms with E-state index in [2.05, 4.69) is 15.7 Å². The summed E-state index contributed by atoms with van der Waals surface area (Å²) < 4.78 is 38.5. The smallest absolute Gasteiger partial charge is 0.409 e. The van der Waals surface area contributed by atoms with E-state index in [-0.39, 0.29) is 69.6 Å². The zero-order valence-electron chi connectivity index (χ0n) is 26.9. The van der Waals surface area contributed by atoms with Crippen molar-refractivity contribution in [3.05, 3.63) is 41.8 Å². The van der Waals surface area contributed by atoms with Crippen molar-refractivity contribution in [2.45, 2.75) is 44.7 Å². The van der Waals surface area contributed by atoms with Crippen LogP contribution < -0.4 is 15.4 Å². The first-order valence-corrected chi connectivity index (χ1v) is 15.9. The summed E-state index contributed by atoms with van der Waals surface area (Å²) in [5.41, 5.74) is -0.138. The van der Waals surface area contributed by atoms with Crippen molar-refractivity contribution < 1.29 is 52.1 Å². The third-order valence-electron chi connectivity index (χ3n) is 7.94. The molecule has 0 bridgehead atoms. The number of likely N-dealkylation sites (tertiary alicyclic amines) is 1. The van der Waals surface area contributed by atoms with Crippen LogP contribution in [-0.4, -0.2) is 137 Å². The average molecular weight is 692 g/mol. The molecule has 0 unspecified atom stereocenters. The summed E-state index contributed by atoms with van der Waals surface area (Å²) in [4.78, 5) is 80.0. The summed E-state index contributed by atoms with van der Waals surface area (Å²) in [7, 11) is 0. The normalized spacial score (nSPS) is 16.6. The predicted molar refractivity (Wildman–Crippen MR) is 166 cm³/mol. The van der Waals surface area contributed by atoms with E-state index in [0.717, 1.165) is 10.7 Å². The number of aromatic nitrogens is 2. The molecule has 16 nitrogen and oxygen atoms in total. The number of carbonyl (C=O) groups is 6. The minimum atomic E-state index is -1.27. The number of halogens is 2. The monoisotopic (exact) mass is 691 g/mol. The molecule has 49 heavy (non-hydrogen) atoms. The number of benzene rings is 1. The number of ether oxygens (including phenoxy) is 2. The molecule has 2 aromatic rings. The molecule has 2 atom stereocenters. The van der Waals surface area contributed by atoms with Crippen LogP contribution in [-0.2, 0) is 23.9 Å². The van der Waals surface area contributed by atoms with Crippen LogP contribution in [0.15, 0.2) is 30.3 Å². The number of hydrogen-bond donors (Lipinski definition) is 3. The summed E-state index contributed by atoms with van der Waals surface area (Å²) in [6.07, 6.45) is -0.252. The molecular formula is C31H39F2N7O9. The van der Waals surface area contributed by atoms with Gasteiger partial charge in [0.1, 0.15) is 24.6 Å². The zero-order valence-corrected chi connectivity index (χ0v) is 26.9. The van der Waals surface area contributed by atoms with Crippen molar-refractivity contribution in [2.24, 2.45) is 0 Å². The van der Waals surface area contributed by atoms with Gasteiger partial charge in [-0.25, -0.2) is 18.3 Å². The molecule has 2 fully saturated rings. The number of amides is 5. The van der Waals surface area contributed by atoms with Gasteiger partial charge in [0.05, 0.1) is 12.3 Å². The van der Waals surface area contributed by atoms with E-state index in [1.807, 2.05) is 0 Å². The number of carboxylic acids is 1. The maximum absolute atomic E-state index is 14.2. The molecule has 266 valence electrons. The van der Waals surface area contributed by atoms with Crippen LogP contribution >= 0.6 is 0 Å². The largest absolute Gasteiger partial charge is 0.481 e. The molecule has 18 heteroatoms. The van der Waals surface area contributed by atoms with Crippen molar-refractivity contribution in [2.75, 3.05) is 59.2 Å². The summed E-state index contributed by atoms with van der Waals surface area (Å²) in [5.74, 6) is -4.41. The zero-order chi connectivity index (χ0) is 35.5. The average Bonchev–Trinajstić information content (AvgIpc) is 3.76. The van der Waals surface area contributed by atoms with E-state index in [0.29, 0.717) is 12.8 Å². The fraction of sp³-hybridized carbons (Fsp3) is 0.516. The van der Waals surface area contributed by atoms with Crippen molar-refractivity contribution in [1.82, 2.24) is 35.1 Å². The lowest BCUT2D eigenvalue weighted by Crippen LogP contribution is -2.56. The third-order valence-corrected chi connectivity index (χ3v) is 7.94. The van der Waals surface area contributed by atoms with Gasteiger partial charge in [0.15, 0.2) is 12.3 Å². The molecule has 0 spiro atoms. The summed E-state index contributed by atoms with van der Waals surface area (Å²) in [6, 6.07) is 4.30. The first kappa shape index (κ1) is 36.5. The standard InChI is InChI=1S/C31H39F2N7O9/c1-2-48-31(47)38-15-13-37(14-16-38)30(46)22(8-9-27(42)43)35-28(44)23-18-26(40(36-23)21-6-3-5-20(33)17-21)49-19-25(41)39-12-4-7-24(39)29(45)34-11-10-32/h3,5-6,17-18,22,24H,2,4,7-16,19H2,1H3,(H,34,45)(H,35,44)(H,42,43)/t22-,24-/m0/s1. The minimum absolute atomic E-state index is 0.132. The SMILES string of the molecule is CCOC(=O)N1CCN(C(=O)[C@H](CCC(=O)O)NC(=O)c2cc(OCC(=O)N3CCC[C@H]3C(=O)NCCF)n(-c3cccc(F)c3)n2)CC1. The van der Waals surface area contributed by atoms with Gasteiger partial charge in [-0.05, 0) is 44.4 Å². The number of aliphatic carboxylic acids is 1. The lowest BCUT2D eigenvalue weighted by Gasteiger charge is -2.35. The quantitative estimate of drug-likeness (QED) is 0.254. The highest BCUT2D eigenvalue weighted by molar-refractivity contribution is 5.96. The van der Waals surface area contributed by atoms with Crippen LogP contribution in [0.3, 0.4) is 0 Å². The lowest BCUT2D eigenvalue weighted by atomic mass is 10.1. The molecule has 3 heterocycles. The molecule has 4 rings (SSSR count). The van der Waals surface area contributed by atoms with Gasteiger partial charge in [-0.2, -0.15) is 5.10 Å². The number of carboxylic acid groups (broad SMARTS) is 1.